The van der Waals surface area contributed by atoms with E-state index in [9.17, 15) is 0 Å². The Bertz CT molecular complexity index is 125. The molecule has 2 nitrogen and oxygen atoms in total. The summed E-state index contributed by atoms with van der Waals surface area (Å²) < 4.78 is 5.60. The van der Waals surface area contributed by atoms with E-state index in [-0.39, 0.29) is 0 Å². The topological polar surface area (TPSA) is 35.2 Å². The van der Waals surface area contributed by atoms with Crippen LogP contribution >= 0.6 is 0 Å². The Balaban J connectivity index is 2.25. The Kier molecular flexibility index (Phi) is 4.02. The average molecular weight is 171 g/mol. The molecule has 2 heteroatoms. The van der Waals surface area contributed by atoms with Crippen LogP contribution in [0.2, 0.25) is 0 Å². The second-order valence-corrected chi connectivity index (χ2v) is 4.00. The molecule has 3 atom stereocenters. The predicted octanol–water partition coefficient (Wildman–Crippen LogP) is 1.93. The normalized spacial score (nSPS) is 33.2. The third kappa shape index (κ3) is 3.11. The van der Waals surface area contributed by atoms with Crippen LogP contribution in [-0.4, -0.2) is 18.8 Å². The molecule has 0 amide bonds. The zero-order valence-electron chi connectivity index (χ0n) is 8.25. The summed E-state index contributed by atoms with van der Waals surface area (Å²) in [7, 11) is 0. The molecule has 0 bridgehead atoms. The van der Waals surface area contributed by atoms with Gasteiger partial charge in [0.15, 0.2) is 0 Å². The van der Waals surface area contributed by atoms with E-state index < -0.39 is 0 Å². The Morgan fingerprint density at radius 1 is 1.58 bits per heavy atom. The van der Waals surface area contributed by atoms with E-state index in [1.165, 1.54) is 19.3 Å². The lowest BCUT2D eigenvalue weighted by Gasteiger charge is -2.29. The van der Waals surface area contributed by atoms with Crippen LogP contribution < -0.4 is 5.73 Å². The van der Waals surface area contributed by atoms with Crippen molar-refractivity contribution in [1.82, 2.24) is 0 Å². The maximum absolute atomic E-state index is 5.77. The fourth-order valence-corrected chi connectivity index (χ4v) is 1.98. The molecule has 0 aromatic heterocycles. The number of ether oxygens (including phenoxy) is 1. The van der Waals surface area contributed by atoms with Gasteiger partial charge in [-0.2, -0.15) is 0 Å². The predicted molar refractivity (Wildman–Crippen MR) is 51.0 cm³/mol. The molecule has 1 heterocycles. The maximum Gasteiger partial charge on any atom is 0.0575 e. The Morgan fingerprint density at radius 2 is 2.33 bits per heavy atom. The summed E-state index contributed by atoms with van der Waals surface area (Å²) in [5.41, 5.74) is 5.77. The van der Waals surface area contributed by atoms with Crippen molar-refractivity contribution < 1.29 is 4.74 Å². The molecule has 72 valence electrons. The lowest BCUT2D eigenvalue weighted by molar-refractivity contribution is -0.0129. The molecular weight excluding hydrogens is 150 g/mol. The molecule has 2 N–H and O–H groups in total. The molecule has 3 unspecified atom stereocenters. The van der Waals surface area contributed by atoms with Crippen molar-refractivity contribution in [2.24, 2.45) is 11.7 Å². The monoisotopic (exact) mass is 171 g/mol. The van der Waals surface area contributed by atoms with E-state index in [4.69, 9.17) is 10.5 Å². The molecule has 1 fully saturated rings. The molecule has 0 radical (unpaired) electrons. The first-order chi connectivity index (χ1) is 5.72. The van der Waals surface area contributed by atoms with E-state index in [0.717, 1.165) is 18.9 Å². The van der Waals surface area contributed by atoms with Crippen molar-refractivity contribution in [2.45, 2.75) is 51.7 Å². The average Bonchev–Trinajstić information content (AvgIpc) is 2.03. The van der Waals surface area contributed by atoms with E-state index in [2.05, 4.69) is 13.8 Å². The summed E-state index contributed by atoms with van der Waals surface area (Å²) in [5, 5.41) is 0. The smallest absolute Gasteiger partial charge is 0.0575 e. The van der Waals surface area contributed by atoms with Crippen LogP contribution in [0, 0.1) is 5.92 Å². The SMILES string of the molecule is CCC1CC(CC(C)N)CCO1. The molecule has 0 aliphatic carbocycles. The lowest BCUT2D eigenvalue weighted by atomic mass is 9.89. The van der Waals surface area contributed by atoms with Crippen molar-refractivity contribution in [3.63, 3.8) is 0 Å². The van der Waals surface area contributed by atoms with Crippen LogP contribution in [0.1, 0.15) is 39.5 Å². The van der Waals surface area contributed by atoms with Gasteiger partial charge in [0.1, 0.15) is 0 Å². The van der Waals surface area contributed by atoms with Crippen molar-refractivity contribution >= 4 is 0 Å². The van der Waals surface area contributed by atoms with Crippen LogP contribution in [-0.2, 0) is 4.74 Å². The third-order valence-electron chi connectivity index (χ3n) is 2.64. The number of rotatable bonds is 3. The van der Waals surface area contributed by atoms with Gasteiger partial charge in [0.25, 0.3) is 0 Å². The van der Waals surface area contributed by atoms with Gasteiger partial charge in [0.05, 0.1) is 6.10 Å². The summed E-state index contributed by atoms with van der Waals surface area (Å²) in [6, 6.07) is 0.352. The summed E-state index contributed by atoms with van der Waals surface area (Å²) >= 11 is 0. The van der Waals surface area contributed by atoms with E-state index in [1.54, 1.807) is 0 Å². The molecule has 1 aliphatic heterocycles. The highest BCUT2D eigenvalue weighted by atomic mass is 16.5. The summed E-state index contributed by atoms with van der Waals surface area (Å²) in [6.07, 6.45) is 5.24. The van der Waals surface area contributed by atoms with Crippen LogP contribution in [0.15, 0.2) is 0 Å². The first-order valence-electron chi connectivity index (χ1n) is 5.09. The van der Waals surface area contributed by atoms with E-state index >= 15 is 0 Å². The fraction of sp³-hybridized carbons (Fsp3) is 1.00. The van der Waals surface area contributed by atoms with Crippen molar-refractivity contribution in [2.75, 3.05) is 6.61 Å². The van der Waals surface area contributed by atoms with E-state index in [1.807, 2.05) is 0 Å². The van der Waals surface area contributed by atoms with Crippen molar-refractivity contribution in [1.29, 1.82) is 0 Å². The first-order valence-corrected chi connectivity index (χ1v) is 5.09. The highest BCUT2D eigenvalue weighted by Gasteiger charge is 2.21. The van der Waals surface area contributed by atoms with Gasteiger partial charge in [-0.05, 0) is 38.5 Å². The maximum atomic E-state index is 5.77. The minimum atomic E-state index is 0.352. The standard InChI is InChI=1S/C10H21NO/c1-3-10-7-9(4-5-12-10)6-8(2)11/h8-10H,3-7,11H2,1-2H3. The largest absolute Gasteiger partial charge is 0.378 e. The molecule has 0 saturated carbocycles. The highest BCUT2D eigenvalue weighted by Crippen LogP contribution is 2.25. The minimum Gasteiger partial charge on any atom is -0.378 e. The number of hydrogen-bond donors (Lipinski definition) is 1. The quantitative estimate of drug-likeness (QED) is 0.704. The van der Waals surface area contributed by atoms with Gasteiger partial charge in [-0.3, -0.25) is 0 Å². The van der Waals surface area contributed by atoms with Crippen molar-refractivity contribution in [3.05, 3.63) is 0 Å². The van der Waals surface area contributed by atoms with Gasteiger partial charge in [0.2, 0.25) is 0 Å². The second kappa shape index (κ2) is 4.83. The van der Waals surface area contributed by atoms with Gasteiger partial charge in [-0.15, -0.1) is 0 Å². The van der Waals surface area contributed by atoms with Crippen LogP contribution in [0.5, 0.6) is 0 Å². The van der Waals surface area contributed by atoms with Crippen LogP contribution in [0.3, 0.4) is 0 Å². The molecular formula is C10H21NO. The van der Waals surface area contributed by atoms with Gasteiger partial charge < -0.3 is 10.5 Å². The summed E-state index contributed by atoms with van der Waals surface area (Å²) in [5.74, 6) is 0.809. The second-order valence-electron chi connectivity index (χ2n) is 4.00. The van der Waals surface area contributed by atoms with Gasteiger partial charge in [0, 0.05) is 12.6 Å². The van der Waals surface area contributed by atoms with Crippen LogP contribution in [0.4, 0.5) is 0 Å². The zero-order chi connectivity index (χ0) is 8.97. The molecule has 0 aromatic carbocycles. The molecule has 12 heavy (non-hydrogen) atoms. The van der Waals surface area contributed by atoms with Crippen molar-refractivity contribution in [3.8, 4) is 0 Å². The third-order valence-corrected chi connectivity index (χ3v) is 2.64. The highest BCUT2D eigenvalue weighted by molar-refractivity contribution is 4.73. The minimum absolute atomic E-state index is 0.352. The van der Waals surface area contributed by atoms with Gasteiger partial charge in [-0.1, -0.05) is 6.92 Å². The molecule has 1 saturated heterocycles. The van der Waals surface area contributed by atoms with Gasteiger partial charge >= 0.3 is 0 Å². The zero-order valence-corrected chi connectivity index (χ0v) is 8.25. The number of nitrogens with two attached hydrogens (primary N) is 1. The molecule has 0 aromatic rings. The number of hydrogen-bond acceptors (Lipinski definition) is 2. The lowest BCUT2D eigenvalue weighted by Crippen LogP contribution is -2.29. The first kappa shape index (κ1) is 10.0. The van der Waals surface area contributed by atoms with Gasteiger partial charge in [-0.25, -0.2) is 0 Å². The summed E-state index contributed by atoms with van der Waals surface area (Å²) in [4.78, 5) is 0. The Morgan fingerprint density at radius 3 is 2.92 bits per heavy atom. The Hall–Kier alpha value is -0.0800. The van der Waals surface area contributed by atoms with Crippen LogP contribution in [0.25, 0.3) is 0 Å². The summed E-state index contributed by atoms with van der Waals surface area (Å²) in [6.45, 7) is 5.23. The van der Waals surface area contributed by atoms with E-state index in [0.29, 0.717) is 12.1 Å². The fourth-order valence-electron chi connectivity index (χ4n) is 1.98. The molecule has 1 aliphatic rings. The molecule has 0 spiro atoms. The molecule has 1 rings (SSSR count). The Labute approximate surface area is 75.5 Å².